The van der Waals surface area contributed by atoms with E-state index in [-0.39, 0.29) is 18.9 Å². The van der Waals surface area contributed by atoms with Crippen molar-refractivity contribution in [1.29, 1.82) is 0 Å². The van der Waals surface area contributed by atoms with E-state index in [9.17, 15) is 18.0 Å². The number of carbonyl (C=O) groups excluding carboxylic acids is 1. The molecule has 8 heteroatoms. The predicted octanol–water partition coefficient (Wildman–Crippen LogP) is 3.26. The van der Waals surface area contributed by atoms with Crippen LogP contribution in [0.15, 0.2) is 31.0 Å². The highest BCUT2D eigenvalue weighted by molar-refractivity contribution is 6.32. The molecule has 0 aliphatic rings. The molecule has 1 aromatic rings. The number of halogens is 3. The van der Waals surface area contributed by atoms with Gasteiger partial charge in [0.05, 0.1) is 11.7 Å². The Balaban J connectivity index is 2.79. The Morgan fingerprint density at radius 1 is 1.52 bits per heavy atom. The molecule has 136 valence electrons. The van der Waals surface area contributed by atoms with E-state index in [1.54, 1.807) is 32.2 Å². The van der Waals surface area contributed by atoms with E-state index in [0.29, 0.717) is 17.7 Å². The van der Waals surface area contributed by atoms with Gasteiger partial charge in [-0.15, -0.1) is 6.58 Å². The molecule has 1 heterocycles. The van der Waals surface area contributed by atoms with Crippen LogP contribution in [0.4, 0.5) is 18.0 Å². The minimum absolute atomic E-state index is 0.191. The first-order valence-electron chi connectivity index (χ1n) is 8.14. The van der Waals surface area contributed by atoms with Crippen LogP contribution in [0.3, 0.4) is 0 Å². The Morgan fingerprint density at radius 2 is 2.20 bits per heavy atom. The fourth-order valence-electron chi connectivity index (χ4n) is 2.49. The molecule has 2 radical (unpaired) electrons. The van der Waals surface area contributed by atoms with Crippen LogP contribution in [-0.4, -0.2) is 42.5 Å². The predicted molar refractivity (Wildman–Crippen MR) is 92.8 cm³/mol. The van der Waals surface area contributed by atoms with Crippen molar-refractivity contribution in [2.45, 2.75) is 51.4 Å². The van der Waals surface area contributed by atoms with Crippen LogP contribution in [0.2, 0.25) is 0 Å². The number of rotatable bonds is 8. The number of nitrogens with zero attached hydrogens (tertiary/aromatic N) is 2. The van der Waals surface area contributed by atoms with Gasteiger partial charge in [-0.25, -0.2) is 4.79 Å². The SMILES string of the molecule is [B]c1ccnc([C@@H](C)N(CC)C(=O)N[C@H](CC=C)CCC(F)(F)F)c1. The molecule has 0 saturated heterocycles. The molecule has 0 spiro atoms. The summed E-state index contributed by atoms with van der Waals surface area (Å²) in [6, 6.07) is 1.89. The molecule has 0 fully saturated rings. The average Bonchev–Trinajstić information content (AvgIpc) is 2.52. The Hall–Kier alpha value is -1.99. The summed E-state index contributed by atoms with van der Waals surface area (Å²) in [4.78, 5) is 18.2. The highest BCUT2D eigenvalue weighted by Gasteiger charge is 2.29. The minimum atomic E-state index is -4.26. The zero-order valence-corrected chi connectivity index (χ0v) is 14.5. The lowest BCUT2D eigenvalue weighted by molar-refractivity contribution is -0.136. The molecule has 0 saturated carbocycles. The fraction of sp³-hybridized carbons (Fsp3) is 0.529. The van der Waals surface area contributed by atoms with Crippen molar-refractivity contribution in [2.24, 2.45) is 0 Å². The number of carbonyl (C=O) groups is 1. The topological polar surface area (TPSA) is 45.2 Å². The standard InChI is InChI=1S/C17H23BF3N3O/c1-4-6-14(7-9-17(19,20)21)23-16(25)24(5-2)12(3)15-11-13(18)8-10-22-15/h4,8,10-12,14H,1,5-7,9H2,2-3H3,(H,23,25)/t12-,14-/m1/s1. The molecule has 1 rings (SSSR count). The second-order valence-electron chi connectivity index (χ2n) is 5.80. The number of hydrogen-bond acceptors (Lipinski definition) is 2. The highest BCUT2D eigenvalue weighted by atomic mass is 19.4. The van der Waals surface area contributed by atoms with Crippen molar-refractivity contribution in [3.8, 4) is 0 Å². The fourth-order valence-corrected chi connectivity index (χ4v) is 2.49. The third-order valence-electron chi connectivity index (χ3n) is 3.86. The number of nitrogens with one attached hydrogen (secondary N) is 1. The summed E-state index contributed by atoms with van der Waals surface area (Å²) in [5.74, 6) is 0. The van der Waals surface area contributed by atoms with Gasteiger partial charge in [0.25, 0.3) is 0 Å². The van der Waals surface area contributed by atoms with Gasteiger partial charge in [-0.05, 0) is 32.8 Å². The van der Waals surface area contributed by atoms with Crippen molar-refractivity contribution < 1.29 is 18.0 Å². The van der Waals surface area contributed by atoms with E-state index in [0.717, 1.165) is 0 Å². The Morgan fingerprint density at radius 3 is 2.72 bits per heavy atom. The van der Waals surface area contributed by atoms with Gasteiger partial charge >= 0.3 is 12.2 Å². The van der Waals surface area contributed by atoms with Crippen LogP contribution in [0.1, 0.15) is 44.8 Å². The maximum Gasteiger partial charge on any atom is 0.389 e. The van der Waals surface area contributed by atoms with Gasteiger partial charge in [-0.3, -0.25) is 4.98 Å². The Labute approximate surface area is 147 Å². The summed E-state index contributed by atoms with van der Waals surface area (Å²) < 4.78 is 37.3. The lowest BCUT2D eigenvalue weighted by Gasteiger charge is -2.30. The first-order valence-corrected chi connectivity index (χ1v) is 8.14. The van der Waals surface area contributed by atoms with E-state index < -0.39 is 24.7 Å². The Bertz CT molecular complexity index is 581. The maximum atomic E-state index is 12.5. The molecule has 2 atom stereocenters. The third kappa shape index (κ3) is 7.19. The number of pyridine rings is 1. The molecule has 4 nitrogen and oxygen atoms in total. The molecular formula is C17H23BF3N3O. The van der Waals surface area contributed by atoms with Gasteiger partial charge in [0.1, 0.15) is 7.85 Å². The lowest BCUT2D eigenvalue weighted by Crippen LogP contribution is -2.46. The second kappa shape index (κ2) is 9.49. The van der Waals surface area contributed by atoms with Crippen LogP contribution < -0.4 is 10.8 Å². The normalized spacial score (nSPS) is 13.8. The largest absolute Gasteiger partial charge is 0.389 e. The number of hydrogen-bond donors (Lipinski definition) is 1. The number of amides is 2. The van der Waals surface area contributed by atoms with Gasteiger partial charge in [-0.1, -0.05) is 17.6 Å². The summed E-state index contributed by atoms with van der Waals surface area (Å²) in [6.07, 6.45) is -2.08. The summed E-state index contributed by atoms with van der Waals surface area (Å²) in [5.41, 5.74) is 1.15. The molecule has 0 unspecified atom stereocenters. The molecule has 1 aromatic heterocycles. The molecule has 0 aliphatic heterocycles. The van der Waals surface area contributed by atoms with E-state index >= 15 is 0 Å². The molecule has 2 amide bonds. The molecule has 1 N–H and O–H groups in total. The van der Waals surface area contributed by atoms with Crippen molar-refractivity contribution in [3.63, 3.8) is 0 Å². The van der Waals surface area contributed by atoms with Gasteiger partial charge in [-0.2, -0.15) is 13.2 Å². The van der Waals surface area contributed by atoms with Crippen LogP contribution in [-0.2, 0) is 0 Å². The average molecular weight is 353 g/mol. The minimum Gasteiger partial charge on any atom is -0.335 e. The molecule has 0 bridgehead atoms. The zero-order valence-electron chi connectivity index (χ0n) is 14.5. The number of aromatic nitrogens is 1. The van der Waals surface area contributed by atoms with Crippen molar-refractivity contribution in [1.82, 2.24) is 15.2 Å². The first kappa shape index (κ1) is 21.1. The maximum absolute atomic E-state index is 12.5. The summed E-state index contributed by atoms with van der Waals surface area (Å²) >= 11 is 0. The zero-order chi connectivity index (χ0) is 19.0. The van der Waals surface area contributed by atoms with Crippen molar-refractivity contribution in [2.75, 3.05) is 6.54 Å². The molecule has 25 heavy (non-hydrogen) atoms. The summed E-state index contributed by atoms with van der Waals surface area (Å²) in [6.45, 7) is 7.51. The van der Waals surface area contributed by atoms with Crippen LogP contribution in [0.25, 0.3) is 0 Å². The van der Waals surface area contributed by atoms with Crippen LogP contribution >= 0.6 is 0 Å². The summed E-state index contributed by atoms with van der Waals surface area (Å²) in [7, 11) is 5.74. The highest BCUT2D eigenvalue weighted by Crippen LogP contribution is 2.23. The van der Waals surface area contributed by atoms with E-state index in [1.807, 2.05) is 0 Å². The summed E-state index contributed by atoms with van der Waals surface area (Å²) in [5, 5.41) is 2.66. The van der Waals surface area contributed by atoms with Gasteiger partial charge in [0, 0.05) is 25.2 Å². The van der Waals surface area contributed by atoms with E-state index in [1.165, 1.54) is 11.0 Å². The second-order valence-corrected chi connectivity index (χ2v) is 5.80. The van der Waals surface area contributed by atoms with Crippen LogP contribution in [0, 0.1) is 0 Å². The monoisotopic (exact) mass is 353 g/mol. The smallest absolute Gasteiger partial charge is 0.335 e. The van der Waals surface area contributed by atoms with Gasteiger partial charge < -0.3 is 10.2 Å². The molecule has 0 aromatic carbocycles. The quantitative estimate of drug-likeness (QED) is 0.576. The van der Waals surface area contributed by atoms with Gasteiger partial charge in [0.2, 0.25) is 0 Å². The molecular weight excluding hydrogens is 330 g/mol. The van der Waals surface area contributed by atoms with Gasteiger partial charge in [0.15, 0.2) is 0 Å². The van der Waals surface area contributed by atoms with Crippen molar-refractivity contribution in [3.05, 3.63) is 36.7 Å². The van der Waals surface area contributed by atoms with E-state index in [2.05, 4.69) is 16.9 Å². The first-order chi connectivity index (χ1) is 11.7. The van der Waals surface area contributed by atoms with Crippen LogP contribution in [0.5, 0.6) is 0 Å². The molecule has 0 aliphatic carbocycles. The number of urea groups is 1. The third-order valence-corrected chi connectivity index (χ3v) is 3.86. The Kier molecular flexibility index (Phi) is 7.99. The lowest BCUT2D eigenvalue weighted by atomic mass is 9.95. The van der Waals surface area contributed by atoms with Crippen molar-refractivity contribution >= 4 is 19.3 Å². The number of alkyl halides is 3. The van der Waals surface area contributed by atoms with E-state index in [4.69, 9.17) is 7.85 Å².